The van der Waals surface area contributed by atoms with E-state index in [-0.39, 0.29) is 17.8 Å². The molecule has 3 nitrogen and oxygen atoms in total. The van der Waals surface area contributed by atoms with Gasteiger partial charge in [-0.2, -0.15) is 0 Å². The summed E-state index contributed by atoms with van der Waals surface area (Å²) in [6.45, 7) is 1.70. The van der Waals surface area contributed by atoms with Crippen molar-refractivity contribution in [2.75, 3.05) is 13.1 Å². The number of nitrogens with one attached hydrogen (secondary N) is 2. The lowest BCUT2D eigenvalue weighted by Gasteiger charge is -2.29. The van der Waals surface area contributed by atoms with Crippen LogP contribution in [0.5, 0.6) is 0 Å². The molecule has 0 radical (unpaired) electrons. The van der Waals surface area contributed by atoms with Crippen LogP contribution in [0.3, 0.4) is 0 Å². The molecule has 5 heteroatoms. The normalized spacial score (nSPS) is 27.9. The molecule has 1 aromatic rings. The molecule has 1 aliphatic carbocycles. The molecule has 0 bridgehead atoms. The van der Waals surface area contributed by atoms with Crippen molar-refractivity contribution < 1.29 is 9.18 Å². The molecule has 1 atom stereocenters. The summed E-state index contributed by atoms with van der Waals surface area (Å²) in [6, 6.07) is 4.76. The van der Waals surface area contributed by atoms with Crippen LogP contribution < -0.4 is 10.6 Å². The number of carbonyl (C=O) groups is 1. The van der Waals surface area contributed by atoms with Crippen molar-refractivity contribution in [3.63, 3.8) is 0 Å². The Kier molecular flexibility index (Phi) is 5.54. The average Bonchev–Trinajstić information content (AvgIpc) is 2.94. The van der Waals surface area contributed by atoms with Gasteiger partial charge in [0.1, 0.15) is 5.82 Å². The highest BCUT2D eigenvalue weighted by molar-refractivity contribution is 6.31. The van der Waals surface area contributed by atoms with Crippen LogP contribution in [0.2, 0.25) is 5.02 Å². The van der Waals surface area contributed by atoms with Crippen LogP contribution in [0.15, 0.2) is 18.2 Å². The predicted octanol–water partition coefficient (Wildman–Crippen LogP) is 3.62. The molecule has 1 heterocycles. The summed E-state index contributed by atoms with van der Waals surface area (Å²) < 4.78 is 13.2. The molecule has 1 saturated carbocycles. The lowest BCUT2D eigenvalue weighted by Crippen LogP contribution is -2.37. The van der Waals surface area contributed by atoms with Gasteiger partial charge in [-0.05, 0) is 74.6 Å². The Morgan fingerprint density at radius 1 is 1.22 bits per heavy atom. The maximum atomic E-state index is 13.2. The summed E-state index contributed by atoms with van der Waals surface area (Å²) in [6.07, 6.45) is 6.59. The summed E-state index contributed by atoms with van der Waals surface area (Å²) in [5.74, 6) is 1.03. The van der Waals surface area contributed by atoms with Crippen molar-refractivity contribution in [1.82, 2.24) is 10.6 Å². The zero-order chi connectivity index (χ0) is 16.2. The average molecular weight is 339 g/mol. The molecule has 0 aromatic heterocycles. The number of benzene rings is 1. The molecule has 0 spiro atoms. The third kappa shape index (κ3) is 4.24. The van der Waals surface area contributed by atoms with E-state index in [0.29, 0.717) is 16.9 Å². The first-order valence-corrected chi connectivity index (χ1v) is 8.97. The van der Waals surface area contributed by atoms with Gasteiger partial charge in [0.15, 0.2) is 0 Å². The molecule has 1 amide bonds. The highest BCUT2D eigenvalue weighted by Gasteiger charge is 2.26. The Hall–Kier alpha value is -1.13. The molecular weight excluding hydrogens is 315 g/mol. The van der Waals surface area contributed by atoms with Crippen LogP contribution >= 0.6 is 11.6 Å². The van der Waals surface area contributed by atoms with Crippen molar-refractivity contribution in [3.8, 4) is 0 Å². The van der Waals surface area contributed by atoms with Gasteiger partial charge < -0.3 is 10.6 Å². The second kappa shape index (κ2) is 7.63. The Morgan fingerprint density at radius 2 is 2.00 bits per heavy atom. The fourth-order valence-electron chi connectivity index (χ4n) is 3.85. The monoisotopic (exact) mass is 338 g/mol. The van der Waals surface area contributed by atoms with Crippen molar-refractivity contribution in [3.05, 3.63) is 34.6 Å². The van der Waals surface area contributed by atoms with Gasteiger partial charge in [0.05, 0.1) is 6.04 Å². The molecule has 1 unspecified atom stereocenters. The van der Waals surface area contributed by atoms with E-state index >= 15 is 0 Å². The minimum atomic E-state index is -0.269. The second-order valence-electron chi connectivity index (χ2n) is 6.76. The summed E-state index contributed by atoms with van der Waals surface area (Å²) in [7, 11) is 0. The van der Waals surface area contributed by atoms with Crippen LogP contribution in [0.25, 0.3) is 0 Å². The van der Waals surface area contributed by atoms with Crippen molar-refractivity contribution in [1.29, 1.82) is 0 Å². The lowest BCUT2D eigenvalue weighted by molar-refractivity contribution is -0.120. The molecule has 1 aliphatic heterocycles. The zero-order valence-corrected chi connectivity index (χ0v) is 14.0. The van der Waals surface area contributed by atoms with Crippen LogP contribution in [0.1, 0.15) is 50.0 Å². The molecule has 23 heavy (non-hydrogen) atoms. The minimum absolute atomic E-state index is 0.00404. The van der Waals surface area contributed by atoms with E-state index in [1.807, 2.05) is 6.07 Å². The fourth-order valence-corrected chi connectivity index (χ4v) is 4.17. The molecule has 1 saturated heterocycles. The van der Waals surface area contributed by atoms with Crippen LogP contribution in [0.4, 0.5) is 4.39 Å². The molecule has 3 rings (SSSR count). The van der Waals surface area contributed by atoms with Gasteiger partial charge in [0.2, 0.25) is 5.91 Å². The second-order valence-corrected chi connectivity index (χ2v) is 7.17. The van der Waals surface area contributed by atoms with E-state index in [9.17, 15) is 9.18 Å². The number of amides is 1. The number of carbonyl (C=O) groups excluding carboxylic acids is 1. The van der Waals surface area contributed by atoms with Crippen molar-refractivity contribution in [2.45, 2.75) is 50.5 Å². The van der Waals surface area contributed by atoms with Gasteiger partial charge in [-0.3, -0.25) is 4.79 Å². The first kappa shape index (κ1) is 16.7. The standard InChI is InChI=1S/C18H24ClFN2O/c19-16-11-14(20)5-6-15(16)13-3-1-12(2-4-13)7-9-21-17-8-10-22-18(17)23/h5-6,11-13,17,21H,1-4,7-10H2,(H,22,23)/t12-,13+,17?. The molecule has 1 aromatic carbocycles. The van der Waals surface area contributed by atoms with E-state index in [4.69, 9.17) is 11.6 Å². The van der Waals surface area contributed by atoms with Crippen molar-refractivity contribution >= 4 is 17.5 Å². The van der Waals surface area contributed by atoms with Gasteiger partial charge >= 0.3 is 0 Å². The molecule has 126 valence electrons. The van der Waals surface area contributed by atoms with E-state index in [2.05, 4.69) is 10.6 Å². The Labute approximate surface area is 142 Å². The van der Waals surface area contributed by atoms with Gasteiger partial charge in [-0.1, -0.05) is 17.7 Å². The number of rotatable bonds is 5. The van der Waals surface area contributed by atoms with Gasteiger partial charge in [0.25, 0.3) is 0 Å². The Bertz CT molecular complexity index is 558. The Balaban J connectivity index is 1.42. The van der Waals surface area contributed by atoms with Gasteiger partial charge in [-0.25, -0.2) is 4.39 Å². The van der Waals surface area contributed by atoms with Gasteiger partial charge in [0, 0.05) is 11.6 Å². The summed E-state index contributed by atoms with van der Waals surface area (Å²) in [5.41, 5.74) is 1.09. The maximum absolute atomic E-state index is 13.2. The predicted molar refractivity (Wildman–Crippen MR) is 90.1 cm³/mol. The SMILES string of the molecule is O=C1NCCC1NCC[C@H]1CC[C@@H](c2ccc(F)cc2Cl)CC1. The highest BCUT2D eigenvalue weighted by atomic mass is 35.5. The zero-order valence-electron chi connectivity index (χ0n) is 13.3. The van der Waals surface area contributed by atoms with E-state index in [0.717, 1.165) is 44.3 Å². The lowest BCUT2D eigenvalue weighted by atomic mass is 9.77. The molecule has 2 aliphatic rings. The van der Waals surface area contributed by atoms with E-state index in [1.54, 1.807) is 0 Å². The smallest absolute Gasteiger partial charge is 0.237 e. The summed E-state index contributed by atoms with van der Waals surface area (Å²) in [5, 5.41) is 6.77. The van der Waals surface area contributed by atoms with E-state index in [1.165, 1.54) is 25.0 Å². The van der Waals surface area contributed by atoms with Crippen LogP contribution in [0, 0.1) is 11.7 Å². The quantitative estimate of drug-likeness (QED) is 0.861. The van der Waals surface area contributed by atoms with Gasteiger partial charge in [-0.15, -0.1) is 0 Å². The highest BCUT2D eigenvalue weighted by Crippen LogP contribution is 2.39. The molecule has 2 fully saturated rings. The number of halogens is 2. The van der Waals surface area contributed by atoms with Crippen LogP contribution in [-0.2, 0) is 4.79 Å². The topological polar surface area (TPSA) is 41.1 Å². The molecule has 2 N–H and O–H groups in total. The largest absolute Gasteiger partial charge is 0.355 e. The third-order valence-electron chi connectivity index (χ3n) is 5.24. The first-order chi connectivity index (χ1) is 11.1. The third-order valence-corrected chi connectivity index (χ3v) is 5.57. The minimum Gasteiger partial charge on any atom is -0.355 e. The Morgan fingerprint density at radius 3 is 2.65 bits per heavy atom. The van der Waals surface area contributed by atoms with Crippen LogP contribution in [-0.4, -0.2) is 25.0 Å². The first-order valence-electron chi connectivity index (χ1n) is 8.59. The fraction of sp³-hybridized carbons (Fsp3) is 0.611. The number of hydrogen-bond acceptors (Lipinski definition) is 2. The van der Waals surface area contributed by atoms with Crippen molar-refractivity contribution in [2.24, 2.45) is 5.92 Å². The summed E-state index contributed by atoms with van der Waals surface area (Å²) >= 11 is 6.18. The molecular formula is C18H24ClFN2O. The maximum Gasteiger partial charge on any atom is 0.237 e. The number of hydrogen-bond donors (Lipinski definition) is 2. The summed E-state index contributed by atoms with van der Waals surface area (Å²) in [4.78, 5) is 11.5. The van der Waals surface area contributed by atoms with E-state index < -0.39 is 0 Å².